The molecule has 0 heterocycles. The zero-order valence-corrected chi connectivity index (χ0v) is 9.52. The van der Waals surface area contributed by atoms with Crippen molar-refractivity contribution < 1.29 is 13.2 Å². The van der Waals surface area contributed by atoms with Gasteiger partial charge in [-0.05, 0) is 44.7 Å². The summed E-state index contributed by atoms with van der Waals surface area (Å²) in [5.74, 6) is 0.516. The van der Waals surface area contributed by atoms with Crippen molar-refractivity contribution in [2.24, 2.45) is 11.7 Å². The Hall–Kier alpha value is -0.290. The topological polar surface area (TPSA) is 38.0 Å². The normalized spacial score (nSPS) is 26.2. The van der Waals surface area contributed by atoms with Crippen LogP contribution in [0.15, 0.2) is 0 Å². The Balaban J connectivity index is 1.92. The highest BCUT2D eigenvalue weighted by Gasteiger charge is 2.26. The van der Waals surface area contributed by atoms with E-state index < -0.39 is 12.6 Å². The molecule has 2 nitrogen and oxygen atoms in total. The summed E-state index contributed by atoms with van der Waals surface area (Å²) in [6.07, 6.45) is -0.459. The van der Waals surface area contributed by atoms with Gasteiger partial charge in [0, 0.05) is 12.5 Å². The maximum absolute atomic E-state index is 11.8. The highest BCUT2D eigenvalue weighted by molar-refractivity contribution is 4.81. The molecule has 0 aromatic heterocycles. The van der Waals surface area contributed by atoms with Crippen molar-refractivity contribution >= 4 is 0 Å². The first-order chi connectivity index (χ1) is 7.49. The van der Waals surface area contributed by atoms with Gasteiger partial charge in [-0.25, -0.2) is 0 Å². The fourth-order valence-corrected chi connectivity index (χ4v) is 2.18. The van der Waals surface area contributed by atoms with E-state index in [9.17, 15) is 13.2 Å². The Kier molecular flexibility index (Phi) is 5.55. The van der Waals surface area contributed by atoms with Crippen LogP contribution in [0, 0.1) is 5.92 Å². The largest absolute Gasteiger partial charge is 0.389 e. The summed E-state index contributed by atoms with van der Waals surface area (Å²) in [6, 6.07) is 0.280. The Bertz CT molecular complexity index is 194. The molecule has 1 saturated carbocycles. The van der Waals surface area contributed by atoms with Gasteiger partial charge in [-0.2, -0.15) is 13.2 Å². The lowest BCUT2D eigenvalue weighted by Gasteiger charge is -2.15. The average molecular weight is 238 g/mol. The second kappa shape index (κ2) is 6.45. The predicted molar refractivity (Wildman–Crippen MR) is 58.1 cm³/mol. The molecule has 1 rings (SSSR count). The minimum absolute atomic E-state index is 0.215. The first kappa shape index (κ1) is 13.8. The highest BCUT2D eigenvalue weighted by Crippen LogP contribution is 2.23. The van der Waals surface area contributed by atoms with Crippen molar-refractivity contribution in [2.45, 2.75) is 50.7 Å². The van der Waals surface area contributed by atoms with Gasteiger partial charge < -0.3 is 11.1 Å². The molecular formula is C11H21F3N2. The molecule has 0 aliphatic heterocycles. The van der Waals surface area contributed by atoms with E-state index in [4.69, 9.17) is 5.73 Å². The van der Waals surface area contributed by atoms with Gasteiger partial charge in [0.05, 0.1) is 0 Å². The minimum Gasteiger partial charge on any atom is -0.327 e. The van der Waals surface area contributed by atoms with Crippen LogP contribution in [0.3, 0.4) is 0 Å². The predicted octanol–water partition coefficient (Wildman–Crippen LogP) is 2.44. The van der Waals surface area contributed by atoms with Crippen LogP contribution < -0.4 is 11.1 Å². The van der Waals surface area contributed by atoms with E-state index >= 15 is 0 Å². The number of alkyl halides is 3. The molecule has 0 radical (unpaired) electrons. The third-order valence-electron chi connectivity index (χ3n) is 3.19. The van der Waals surface area contributed by atoms with Crippen molar-refractivity contribution in [1.29, 1.82) is 0 Å². The first-order valence-electron chi connectivity index (χ1n) is 6.02. The van der Waals surface area contributed by atoms with Crippen molar-refractivity contribution in [1.82, 2.24) is 5.32 Å². The van der Waals surface area contributed by atoms with Gasteiger partial charge in [0.25, 0.3) is 0 Å². The van der Waals surface area contributed by atoms with Crippen LogP contribution in [0.1, 0.15) is 38.5 Å². The number of hydrogen-bond donors (Lipinski definition) is 2. The Morgan fingerprint density at radius 2 is 1.94 bits per heavy atom. The standard InChI is InChI=1S/C11H21F3N2/c12-11(13,14)6-1-2-7-16-8-9-4-3-5-10(9)15/h9-10,16H,1-8,15H2. The lowest BCUT2D eigenvalue weighted by Crippen LogP contribution is -2.33. The fraction of sp³-hybridized carbons (Fsp3) is 1.00. The molecule has 16 heavy (non-hydrogen) atoms. The van der Waals surface area contributed by atoms with Crippen LogP contribution in [-0.2, 0) is 0 Å². The quantitative estimate of drug-likeness (QED) is 0.697. The van der Waals surface area contributed by atoms with E-state index in [1.165, 1.54) is 6.42 Å². The minimum atomic E-state index is -4.01. The molecule has 1 aliphatic carbocycles. The molecule has 1 aliphatic rings. The summed E-state index contributed by atoms with van der Waals surface area (Å²) in [4.78, 5) is 0. The summed E-state index contributed by atoms with van der Waals surface area (Å²) in [5, 5.41) is 3.20. The third kappa shape index (κ3) is 5.70. The van der Waals surface area contributed by atoms with Crippen LogP contribution in [0.25, 0.3) is 0 Å². The van der Waals surface area contributed by atoms with Gasteiger partial charge in [-0.1, -0.05) is 6.42 Å². The molecule has 0 aromatic rings. The Labute approximate surface area is 94.8 Å². The summed E-state index contributed by atoms with van der Waals surface area (Å²) in [5.41, 5.74) is 5.89. The van der Waals surface area contributed by atoms with Crippen LogP contribution in [0.5, 0.6) is 0 Å². The summed E-state index contributed by atoms with van der Waals surface area (Å²) < 4.78 is 35.5. The smallest absolute Gasteiger partial charge is 0.327 e. The number of hydrogen-bond acceptors (Lipinski definition) is 2. The molecule has 0 aromatic carbocycles. The van der Waals surface area contributed by atoms with Crippen LogP contribution in [-0.4, -0.2) is 25.3 Å². The summed E-state index contributed by atoms with van der Waals surface area (Å²) in [7, 11) is 0. The monoisotopic (exact) mass is 238 g/mol. The third-order valence-corrected chi connectivity index (χ3v) is 3.19. The van der Waals surface area contributed by atoms with E-state index in [-0.39, 0.29) is 12.5 Å². The van der Waals surface area contributed by atoms with E-state index in [2.05, 4.69) is 5.32 Å². The second-order valence-electron chi connectivity index (χ2n) is 4.63. The number of nitrogens with one attached hydrogen (secondary N) is 1. The number of nitrogens with two attached hydrogens (primary N) is 1. The van der Waals surface area contributed by atoms with E-state index in [0.717, 1.165) is 19.4 Å². The molecular weight excluding hydrogens is 217 g/mol. The van der Waals surface area contributed by atoms with Crippen LogP contribution >= 0.6 is 0 Å². The second-order valence-corrected chi connectivity index (χ2v) is 4.63. The molecule has 2 atom stereocenters. The molecule has 0 spiro atoms. The maximum Gasteiger partial charge on any atom is 0.389 e. The lowest BCUT2D eigenvalue weighted by molar-refractivity contribution is -0.135. The average Bonchev–Trinajstić information content (AvgIpc) is 2.56. The number of rotatable bonds is 6. The maximum atomic E-state index is 11.8. The first-order valence-corrected chi connectivity index (χ1v) is 6.02. The van der Waals surface area contributed by atoms with Gasteiger partial charge in [-0.15, -0.1) is 0 Å². The molecule has 0 amide bonds. The Morgan fingerprint density at radius 1 is 1.19 bits per heavy atom. The molecule has 3 N–H and O–H groups in total. The van der Waals surface area contributed by atoms with Crippen molar-refractivity contribution in [3.63, 3.8) is 0 Å². The van der Waals surface area contributed by atoms with Crippen molar-refractivity contribution in [3.8, 4) is 0 Å². The van der Waals surface area contributed by atoms with E-state index in [1.807, 2.05) is 0 Å². The SMILES string of the molecule is NC1CCCC1CNCCCCC(F)(F)F. The van der Waals surface area contributed by atoms with Crippen LogP contribution in [0.4, 0.5) is 13.2 Å². The molecule has 0 bridgehead atoms. The molecule has 5 heteroatoms. The molecule has 1 fully saturated rings. The van der Waals surface area contributed by atoms with Gasteiger partial charge in [0.1, 0.15) is 0 Å². The summed E-state index contributed by atoms with van der Waals surface area (Å²) >= 11 is 0. The van der Waals surface area contributed by atoms with Gasteiger partial charge in [0.15, 0.2) is 0 Å². The zero-order chi connectivity index (χ0) is 12.0. The molecule has 2 unspecified atom stereocenters. The van der Waals surface area contributed by atoms with Gasteiger partial charge >= 0.3 is 6.18 Å². The highest BCUT2D eigenvalue weighted by atomic mass is 19.4. The zero-order valence-electron chi connectivity index (χ0n) is 9.52. The van der Waals surface area contributed by atoms with E-state index in [0.29, 0.717) is 18.9 Å². The fourth-order valence-electron chi connectivity index (χ4n) is 2.18. The van der Waals surface area contributed by atoms with Crippen molar-refractivity contribution in [2.75, 3.05) is 13.1 Å². The van der Waals surface area contributed by atoms with Crippen LogP contribution in [0.2, 0.25) is 0 Å². The summed E-state index contributed by atoms with van der Waals surface area (Å²) in [6.45, 7) is 1.52. The lowest BCUT2D eigenvalue weighted by atomic mass is 10.0. The number of halogens is 3. The Morgan fingerprint density at radius 3 is 2.50 bits per heavy atom. The van der Waals surface area contributed by atoms with Crippen molar-refractivity contribution in [3.05, 3.63) is 0 Å². The number of unbranched alkanes of at least 4 members (excludes halogenated alkanes) is 1. The van der Waals surface area contributed by atoms with E-state index in [1.54, 1.807) is 0 Å². The molecule has 96 valence electrons. The molecule has 0 saturated heterocycles. The van der Waals surface area contributed by atoms with Gasteiger partial charge in [-0.3, -0.25) is 0 Å². The van der Waals surface area contributed by atoms with Gasteiger partial charge in [0.2, 0.25) is 0 Å².